The van der Waals surface area contributed by atoms with Gasteiger partial charge in [0.1, 0.15) is 32.2 Å². The van der Waals surface area contributed by atoms with E-state index in [1.54, 1.807) is 4.90 Å². The average Bonchev–Trinajstić information content (AvgIpc) is 2.75. The predicted molar refractivity (Wildman–Crippen MR) is 123 cm³/mol. The van der Waals surface area contributed by atoms with Crippen LogP contribution in [-0.2, 0) is 16.4 Å². The van der Waals surface area contributed by atoms with E-state index in [-0.39, 0.29) is 11.8 Å². The number of rotatable bonds is 9. The topological polar surface area (TPSA) is 58.3 Å². The number of aryl methyl sites for hydroxylation is 1. The van der Waals surface area contributed by atoms with Crippen LogP contribution in [0.25, 0.3) is 0 Å². The van der Waals surface area contributed by atoms with Gasteiger partial charge in [-0.05, 0) is 24.1 Å². The van der Waals surface area contributed by atoms with Crippen molar-refractivity contribution < 1.29 is 18.2 Å². The zero-order chi connectivity index (χ0) is 21.6. The number of hydrogen-bond donors (Lipinski definition) is 3. The summed E-state index contributed by atoms with van der Waals surface area (Å²) in [6, 6.07) is 18.4. The summed E-state index contributed by atoms with van der Waals surface area (Å²) in [6.45, 7) is 4.77. The molecule has 0 aliphatic carbocycles. The van der Waals surface area contributed by atoms with Gasteiger partial charge >= 0.3 is 0 Å². The van der Waals surface area contributed by atoms with Crippen molar-refractivity contribution in [2.24, 2.45) is 0 Å². The van der Waals surface area contributed by atoms with Crippen molar-refractivity contribution in [3.8, 4) is 0 Å². The zero-order valence-electron chi connectivity index (χ0n) is 18.4. The molecule has 0 saturated carbocycles. The molecule has 0 amide bonds. The highest BCUT2D eigenvalue weighted by atomic mass is 32.2. The van der Waals surface area contributed by atoms with Crippen LogP contribution >= 0.6 is 0 Å². The average molecular weight is 433 g/mol. The van der Waals surface area contributed by atoms with Crippen molar-refractivity contribution in [3.63, 3.8) is 0 Å². The van der Waals surface area contributed by atoms with Gasteiger partial charge in [-0.25, -0.2) is 13.1 Å². The summed E-state index contributed by atoms with van der Waals surface area (Å²) < 4.78 is 28.3. The first kappa shape index (κ1) is 22.7. The molecule has 0 aromatic heterocycles. The van der Waals surface area contributed by atoms with Gasteiger partial charge in [0.15, 0.2) is 0 Å². The van der Waals surface area contributed by atoms with Crippen LogP contribution in [0.2, 0.25) is 0 Å². The van der Waals surface area contributed by atoms with Crippen molar-refractivity contribution >= 4 is 15.7 Å². The second kappa shape index (κ2) is 10.4. The zero-order valence-corrected chi connectivity index (χ0v) is 19.2. The Bertz CT molecular complexity index is 877. The summed E-state index contributed by atoms with van der Waals surface area (Å²) in [5.74, 6) is 0.117. The Hall–Kier alpha value is -1.93. The molecule has 2 aromatic carbocycles. The normalized spacial score (nSPS) is 20.6. The van der Waals surface area contributed by atoms with E-state index in [4.69, 9.17) is 0 Å². The summed E-state index contributed by atoms with van der Waals surface area (Å²) in [6.07, 6.45) is 0.531. The predicted octanol–water partition coefficient (Wildman–Crippen LogP) is -0.631. The molecule has 164 valence electrons. The second-order valence-corrected chi connectivity index (χ2v) is 10.5. The minimum Gasteiger partial charge on any atom is -0.378 e. The lowest BCUT2D eigenvalue weighted by molar-refractivity contribution is -1.02. The van der Waals surface area contributed by atoms with Crippen LogP contribution in [-0.4, -0.2) is 68.0 Å². The molecule has 7 heteroatoms. The summed E-state index contributed by atoms with van der Waals surface area (Å²) in [4.78, 5) is 5.09. The molecule has 0 radical (unpaired) electrons. The maximum atomic E-state index is 12.7. The fraction of sp³-hybridized carbons (Fsp3) is 0.478. The van der Waals surface area contributed by atoms with Crippen molar-refractivity contribution in [1.29, 1.82) is 0 Å². The third-order valence-corrected chi connectivity index (χ3v) is 7.41. The second-order valence-electron chi connectivity index (χ2n) is 8.56. The fourth-order valence-corrected chi connectivity index (χ4v) is 5.10. The van der Waals surface area contributed by atoms with Gasteiger partial charge in [-0.1, -0.05) is 42.5 Å². The molecule has 1 aliphatic heterocycles. The summed E-state index contributed by atoms with van der Waals surface area (Å²) in [7, 11) is 2.95. The quantitative estimate of drug-likeness (QED) is 0.495. The van der Waals surface area contributed by atoms with E-state index in [1.807, 2.05) is 44.4 Å². The van der Waals surface area contributed by atoms with Gasteiger partial charge in [-0.2, -0.15) is 0 Å². The smallest absolute Gasteiger partial charge is 0.212 e. The monoisotopic (exact) mass is 432 g/mol. The van der Waals surface area contributed by atoms with E-state index >= 15 is 0 Å². The lowest BCUT2D eigenvalue weighted by atomic mass is 10.0. The fourth-order valence-electron chi connectivity index (χ4n) is 4.03. The Labute approximate surface area is 181 Å². The van der Waals surface area contributed by atoms with Crippen LogP contribution in [0.3, 0.4) is 0 Å². The number of nitrogens with zero attached hydrogens (tertiary/aromatic N) is 1. The van der Waals surface area contributed by atoms with Crippen molar-refractivity contribution in [2.45, 2.75) is 12.5 Å². The molecule has 3 rings (SSSR count). The van der Waals surface area contributed by atoms with Crippen LogP contribution in [0, 0.1) is 0 Å². The van der Waals surface area contributed by atoms with E-state index in [0.717, 1.165) is 37.4 Å². The molecule has 0 bridgehead atoms. The molecule has 6 nitrogen and oxygen atoms in total. The van der Waals surface area contributed by atoms with Gasteiger partial charge < -0.3 is 14.7 Å². The van der Waals surface area contributed by atoms with Crippen molar-refractivity contribution in [3.05, 3.63) is 65.7 Å². The van der Waals surface area contributed by atoms with E-state index in [1.165, 1.54) is 10.5 Å². The van der Waals surface area contributed by atoms with Crippen LogP contribution in [0.4, 0.5) is 5.69 Å². The maximum Gasteiger partial charge on any atom is 0.212 e. The molecule has 2 aromatic rings. The molecule has 0 unspecified atom stereocenters. The molecule has 0 spiro atoms. The number of benzene rings is 2. The largest absolute Gasteiger partial charge is 0.378 e. The summed E-state index contributed by atoms with van der Waals surface area (Å²) >= 11 is 0. The molecule has 1 fully saturated rings. The van der Waals surface area contributed by atoms with E-state index in [9.17, 15) is 8.42 Å². The number of quaternary nitrogens is 2. The van der Waals surface area contributed by atoms with Crippen LogP contribution in [0.15, 0.2) is 54.6 Å². The van der Waals surface area contributed by atoms with Crippen molar-refractivity contribution in [1.82, 2.24) is 4.72 Å². The van der Waals surface area contributed by atoms with Crippen LogP contribution in [0.5, 0.6) is 0 Å². The van der Waals surface area contributed by atoms with Gasteiger partial charge in [-0.15, -0.1) is 0 Å². The molecule has 1 heterocycles. The van der Waals surface area contributed by atoms with E-state index < -0.39 is 10.0 Å². The highest BCUT2D eigenvalue weighted by Crippen LogP contribution is 2.16. The molecule has 1 saturated heterocycles. The number of likely N-dealkylation sites (N-methyl/N-ethyl adjacent to an activating group) is 1. The minimum atomic E-state index is -3.33. The first-order chi connectivity index (χ1) is 14.3. The Morgan fingerprint density at radius 2 is 1.60 bits per heavy atom. The van der Waals surface area contributed by atoms with Crippen LogP contribution < -0.4 is 19.4 Å². The van der Waals surface area contributed by atoms with Crippen molar-refractivity contribution in [2.75, 3.05) is 64.5 Å². The third-order valence-electron chi connectivity index (χ3n) is 6.06. The summed E-state index contributed by atoms with van der Waals surface area (Å²) in [5.41, 5.74) is 3.39. The Morgan fingerprint density at radius 3 is 2.20 bits per heavy atom. The molecular formula is C23H36N4O2S+2. The first-order valence-corrected chi connectivity index (χ1v) is 12.4. The Morgan fingerprint density at radius 1 is 0.967 bits per heavy atom. The van der Waals surface area contributed by atoms with Gasteiger partial charge in [0.2, 0.25) is 10.0 Å². The SMILES string of the molecule is CN(C)c1ccc([C@@H](CNS(=O)(=O)CCc2ccccc2)[NH+]2CC[NH+](C)CC2)cc1. The Kier molecular flexibility index (Phi) is 7.88. The lowest BCUT2D eigenvalue weighted by Gasteiger charge is -2.33. The standard InChI is InChI=1S/C23H34N4O2S/c1-25(2)22-11-9-21(10-12-22)23(27-16-14-26(3)15-17-27)19-24-30(28,29)18-13-20-7-5-4-6-8-20/h4-12,23-24H,13-19H2,1-3H3/p+2/t23-/m1/s1. The Balaban J connectivity index is 1.68. The van der Waals surface area contributed by atoms with Gasteiger partial charge in [0.05, 0.1) is 19.3 Å². The third kappa shape index (κ3) is 6.54. The molecular weight excluding hydrogens is 396 g/mol. The number of sulfonamides is 1. The van der Waals surface area contributed by atoms with Crippen LogP contribution in [0.1, 0.15) is 17.2 Å². The first-order valence-electron chi connectivity index (χ1n) is 10.8. The summed E-state index contributed by atoms with van der Waals surface area (Å²) in [5, 5.41) is 0. The minimum absolute atomic E-state index is 0.117. The molecule has 1 atom stereocenters. The lowest BCUT2D eigenvalue weighted by Crippen LogP contribution is -3.27. The molecule has 3 N–H and O–H groups in total. The van der Waals surface area contributed by atoms with Gasteiger partial charge in [0, 0.05) is 25.3 Å². The molecule has 30 heavy (non-hydrogen) atoms. The van der Waals surface area contributed by atoms with E-state index in [0.29, 0.717) is 13.0 Å². The number of anilines is 1. The van der Waals surface area contributed by atoms with Gasteiger partial charge in [-0.3, -0.25) is 0 Å². The van der Waals surface area contributed by atoms with Gasteiger partial charge in [0.25, 0.3) is 0 Å². The molecule has 1 aliphatic rings. The number of hydrogen-bond acceptors (Lipinski definition) is 3. The highest BCUT2D eigenvalue weighted by molar-refractivity contribution is 7.89. The number of nitrogens with one attached hydrogen (secondary N) is 3. The maximum absolute atomic E-state index is 12.7. The van der Waals surface area contributed by atoms with E-state index in [2.05, 4.69) is 40.9 Å². The highest BCUT2D eigenvalue weighted by Gasteiger charge is 2.30. The number of piperazine rings is 1.